The average Bonchev–Trinajstić information content (AvgIpc) is 3.03. The Kier molecular flexibility index (Phi) is 7.34. The summed E-state index contributed by atoms with van der Waals surface area (Å²) in [6.07, 6.45) is 0. The number of para-hydroxylation sites is 1. The second-order valence-electron chi connectivity index (χ2n) is 8.42. The van der Waals surface area contributed by atoms with E-state index in [0.717, 1.165) is 22.6 Å². The standard InChI is InChI=1S/C25H32N4O2/c1-18(2)16-29(25(30)26-19(3)4)17-22-23(20-12-8-6-9-13-20)27-28(5)24(22)31-21-14-10-7-11-15-21/h6-15,18-19H,16-17H2,1-5H3,(H,26,30). The molecule has 0 aliphatic rings. The second kappa shape index (κ2) is 10.2. The van der Waals surface area contributed by atoms with Gasteiger partial charge in [-0.05, 0) is 31.9 Å². The zero-order valence-electron chi connectivity index (χ0n) is 19.0. The molecule has 0 bridgehead atoms. The molecule has 0 fully saturated rings. The van der Waals surface area contributed by atoms with E-state index in [-0.39, 0.29) is 12.1 Å². The second-order valence-corrected chi connectivity index (χ2v) is 8.42. The van der Waals surface area contributed by atoms with Crippen molar-refractivity contribution in [2.24, 2.45) is 13.0 Å². The van der Waals surface area contributed by atoms with Crippen LogP contribution in [-0.4, -0.2) is 33.3 Å². The van der Waals surface area contributed by atoms with E-state index in [1.165, 1.54) is 0 Å². The lowest BCUT2D eigenvalue weighted by Gasteiger charge is -2.26. The number of hydrogen-bond donors (Lipinski definition) is 1. The predicted octanol–water partition coefficient (Wildman–Crippen LogP) is 5.46. The van der Waals surface area contributed by atoms with Gasteiger partial charge in [0.1, 0.15) is 11.4 Å². The molecule has 2 amide bonds. The number of ether oxygens (including phenoxy) is 1. The van der Waals surface area contributed by atoms with Gasteiger partial charge in [-0.3, -0.25) is 0 Å². The van der Waals surface area contributed by atoms with Gasteiger partial charge in [-0.2, -0.15) is 5.10 Å². The van der Waals surface area contributed by atoms with Crippen LogP contribution in [0.5, 0.6) is 11.6 Å². The molecule has 6 heteroatoms. The van der Waals surface area contributed by atoms with Crippen molar-refractivity contribution in [1.82, 2.24) is 20.0 Å². The molecule has 0 spiro atoms. The molecular weight excluding hydrogens is 388 g/mol. The predicted molar refractivity (Wildman–Crippen MR) is 124 cm³/mol. The monoisotopic (exact) mass is 420 g/mol. The Labute approximate surface area is 184 Å². The number of urea groups is 1. The van der Waals surface area contributed by atoms with E-state index in [1.54, 1.807) is 4.68 Å². The quantitative estimate of drug-likeness (QED) is 0.527. The number of aromatic nitrogens is 2. The molecule has 6 nitrogen and oxygen atoms in total. The Morgan fingerprint density at radius 1 is 1.03 bits per heavy atom. The number of nitrogens with one attached hydrogen (secondary N) is 1. The highest BCUT2D eigenvalue weighted by atomic mass is 16.5. The van der Waals surface area contributed by atoms with Gasteiger partial charge in [-0.15, -0.1) is 0 Å². The van der Waals surface area contributed by atoms with Crippen LogP contribution in [0.2, 0.25) is 0 Å². The average molecular weight is 421 g/mol. The molecule has 1 N–H and O–H groups in total. The van der Waals surface area contributed by atoms with Crippen LogP contribution in [0.25, 0.3) is 11.3 Å². The van der Waals surface area contributed by atoms with E-state index in [2.05, 4.69) is 19.2 Å². The summed E-state index contributed by atoms with van der Waals surface area (Å²) in [5.41, 5.74) is 2.70. The Hall–Kier alpha value is -3.28. The number of nitrogens with zero attached hydrogens (tertiary/aromatic N) is 3. The first-order valence-corrected chi connectivity index (χ1v) is 10.7. The largest absolute Gasteiger partial charge is 0.439 e. The molecule has 0 radical (unpaired) electrons. The van der Waals surface area contributed by atoms with Crippen LogP contribution < -0.4 is 10.1 Å². The van der Waals surface area contributed by atoms with E-state index in [1.807, 2.05) is 86.5 Å². The van der Waals surface area contributed by atoms with Gasteiger partial charge in [-0.25, -0.2) is 9.48 Å². The summed E-state index contributed by atoms with van der Waals surface area (Å²) in [4.78, 5) is 14.8. The van der Waals surface area contributed by atoms with E-state index >= 15 is 0 Å². The molecule has 3 aromatic rings. The zero-order valence-corrected chi connectivity index (χ0v) is 19.0. The molecular formula is C25H32N4O2. The third-order valence-corrected chi connectivity index (χ3v) is 4.73. The van der Waals surface area contributed by atoms with Crippen LogP contribution in [-0.2, 0) is 13.6 Å². The van der Waals surface area contributed by atoms with Gasteiger partial charge in [0.15, 0.2) is 0 Å². The maximum Gasteiger partial charge on any atom is 0.317 e. The van der Waals surface area contributed by atoms with Crippen molar-refractivity contribution in [2.45, 2.75) is 40.3 Å². The van der Waals surface area contributed by atoms with Gasteiger partial charge in [-0.1, -0.05) is 62.4 Å². The Bertz CT molecular complexity index is 982. The maximum atomic E-state index is 13.0. The van der Waals surface area contributed by atoms with E-state index in [4.69, 9.17) is 9.84 Å². The topological polar surface area (TPSA) is 59.4 Å². The molecule has 2 aromatic carbocycles. The van der Waals surface area contributed by atoms with Crippen molar-refractivity contribution in [3.8, 4) is 22.9 Å². The van der Waals surface area contributed by atoms with E-state index in [9.17, 15) is 4.79 Å². The van der Waals surface area contributed by atoms with Crippen molar-refractivity contribution in [3.63, 3.8) is 0 Å². The summed E-state index contributed by atoms with van der Waals surface area (Å²) in [7, 11) is 1.87. The molecule has 0 saturated heterocycles. The first kappa shape index (κ1) is 22.4. The van der Waals surface area contributed by atoms with Crippen molar-refractivity contribution in [1.29, 1.82) is 0 Å². The third-order valence-electron chi connectivity index (χ3n) is 4.73. The van der Waals surface area contributed by atoms with Crippen molar-refractivity contribution in [2.75, 3.05) is 6.54 Å². The van der Waals surface area contributed by atoms with Gasteiger partial charge in [0.05, 0.1) is 12.1 Å². The Morgan fingerprint density at radius 3 is 2.23 bits per heavy atom. The summed E-state index contributed by atoms with van der Waals surface area (Å²) in [6.45, 7) is 9.18. The van der Waals surface area contributed by atoms with E-state index < -0.39 is 0 Å². The van der Waals surface area contributed by atoms with Crippen molar-refractivity contribution < 1.29 is 9.53 Å². The van der Waals surface area contributed by atoms with Crippen molar-refractivity contribution in [3.05, 3.63) is 66.2 Å². The number of rotatable bonds is 8. The normalized spacial score (nSPS) is 11.1. The number of benzene rings is 2. The van der Waals surface area contributed by atoms with Gasteiger partial charge in [0, 0.05) is 25.2 Å². The minimum absolute atomic E-state index is 0.0599. The van der Waals surface area contributed by atoms with Gasteiger partial charge >= 0.3 is 6.03 Å². The molecule has 0 aliphatic heterocycles. The minimum atomic E-state index is -0.0859. The van der Waals surface area contributed by atoms with Crippen LogP contribution in [0.1, 0.15) is 33.3 Å². The van der Waals surface area contributed by atoms with Crippen molar-refractivity contribution >= 4 is 6.03 Å². The van der Waals surface area contributed by atoms with Crippen LogP contribution in [0.4, 0.5) is 4.79 Å². The smallest absolute Gasteiger partial charge is 0.317 e. The Balaban J connectivity index is 2.04. The summed E-state index contributed by atoms with van der Waals surface area (Å²) in [6, 6.07) is 19.6. The number of aryl methyl sites for hydroxylation is 1. The zero-order chi connectivity index (χ0) is 22.4. The molecule has 1 heterocycles. The molecule has 1 aromatic heterocycles. The molecule has 31 heavy (non-hydrogen) atoms. The molecule has 3 rings (SSSR count). The molecule has 0 saturated carbocycles. The summed E-state index contributed by atoms with van der Waals surface area (Å²) in [5, 5.41) is 7.79. The number of amides is 2. The SMILES string of the molecule is CC(C)CN(Cc1c(-c2ccccc2)nn(C)c1Oc1ccccc1)C(=O)NC(C)C. The fourth-order valence-electron chi connectivity index (χ4n) is 3.44. The van der Waals surface area contributed by atoms with Gasteiger partial charge < -0.3 is 15.0 Å². The lowest BCUT2D eigenvalue weighted by Crippen LogP contribution is -2.44. The first-order valence-electron chi connectivity index (χ1n) is 10.7. The van der Waals surface area contributed by atoms with Gasteiger partial charge in [0.2, 0.25) is 5.88 Å². The van der Waals surface area contributed by atoms with E-state index in [0.29, 0.717) is 24.9 Å². The third kappa shape index (κ3) is 5.87. The van der Waals surface area contributed by atoms with Gasteiger partial charge in [0.25, 0.3) is 0 Å². The highest BCUT2D eigenvalue weighted by molar-refractivity contribution is 5.75. The molecule has 0 atom stereocenters. The lowest BCUT2D eigenvalue weighted by atomic mass is 10.1. The Morgan fingerprint density at radius 2 is 1.65 bits per heavy atom. The maximum absolute atomic E-state index is 13.0. The minimum Gasteiger partial charge on any atom is -0.439 e. The number of carbonyl (C=O) groups excluding carboxylic acids is 1. The summed E-state index contributed by atoms with van der Waals surface area (Å²) < 4.78 is 8.00. The first-order chi connectivity index (χ1) is 14.8. The van der Waals surface area contributed by atoms with Crippen LogP contribution in [0.15, 0.2) is 60.7 Å². The highest BCUT2D eigenvalue weighted by Crippen LogP contribution is 2.34. The summed E-state index contributed by atoms with van der Waals surface area (Å²) in [5.74, 6) is 1.69. The highest BCUT2D eigenvalue weighted by Gasteiger charge is 2.25. The summed E-state index contributed by atoms with van der Waals surface area (Å²) >= 11 is 0. The number of carbonyl (C=O) groups is 1. The number of hydrogen-bond acceptors (Lipinski definition) is 3. The fraction of sp³-hybridized carbons (Fsp3) is 0.360. The molecule has 164 valence electrons. The van der Waals surface area contributed by atoms with Crippen LogP contribution >= 0.6 is 0 Å². The molecule has 0 aliphatic carbocycles. The van der Waals surface area contributed by atoms with Crippen LogP contribution in [0, 0.1) is 5.92 Å². The molecule has 0 unspecified atom stereocenters. The fourth-order valence-corrected chi connectivity index (χ4v) is 3.44. The van der Waals surface area contributed by atoms with Crippen LogP contribution in [0.3, 0.4) is 0 Å². The lowest BCUT2D eigenvalue weighted by molar-refractivity contribution is 0.185.